The zero-order valence-electron chi connectivity index (χ0n) is 13.7. The Balaban J connectivity index is 1.49. The molecule has 2 heterocycles. The molecule has 0 saturated carbocycles. The molecular weight excluding hydrogens is 304 g/mol. The quantitative estimate of drug-likeness (QED) is 0.851. The van der Waals surface area contributed by atoms with Gasteiger partial charge in [0.25, 0.3) is 0 Å². The summed E-state index contributed by atoms with van der Waals surface area (Å²) in [5, 5.41) is 0. The van der Waals surface area contributed by atoms with E-state index >= 15 is 0 Å². The maximum Gasteiger partial charge on any atom is 0.230 e. The minimum absolute atomic E-state index is 0.107. The third-order valence-electron chi connectivity index (χ3n) is 5.61. The number of thioether (sulfide) groups is 1. The topological polar surface area (TPSA) is 23.6 Å². The molecular formula is C19H26N2OS. The lowest BCUT2D eigenvalue weighted by Gasteiger charge is -2.39. The molecule has 0 spiro atoms. The monoisotopic (exact) mass is 330 g/mol. The van der Waals surface area contributed by atoms with Gasteiger partial charge in [0, 0.05) is 24.6 Å². The van der Waals surface area contributed by atoms with Gasteiger partial charge in [-0.15, -0.1) is 0 Å². The molecule has 1 aromatic carbocycles. The molecule has 4 rings (SSSR count). The summed E-state index contributed by atoms with van der Waals surface area (Å²) in [5.41, 5.74) is 2.67. The fourth-order valence-electron chi connectivity index (χ4n) is 4.37. The summed E-state index contributed by atoms with van der Waals surface area (Å²) >= 11 is 2.02. The highest BCUT2D eigenvalue weighted by Gasteiger charge is 2.36. The Morgan fingerprint density at radius 1 is 1.17 bits per heavy atom. The summed E-state index contributed by atoms with van der Waals surface area (Å²) in [6.07, 6.45) is 4.71. The van der Waals surface area contributed by atoms with Gasteiger partial charge in [0.1, 0.15) is 0 Å². The van der Waals surface area contributed by atoms with E-state index in [4.69, 9.17) is 0 Å². The van der Waals surface area contributed by atoms with Gasteiger partial charge in [-0.25, -0.2) is 0 Å². The van der Waals surface area contributed by atoms with Crippen molar-refractivity contribution in [1.82, 2.24) is 9.80 Å². The fourth-order valence-corrected chi connectivity index (χ4v) is 5.42. The van der Waals surface area contributed by atoms with Crippen LogP contribution in [0, 0.1) is 0 Å². The second kappa shape index (κ2) is 6.86. The number of amides is 1. The first-order chi connectivity index (χ1) is 11.3. The Morgan fingerprint density at radius 3 is 2.87 bits per heavy atom. The number of rotatable bonds is 3. The standard InChI is InChI=1S/C19H26N2OS/c22-19(18-8-7-15-5-1-2-6-17(15)18)21-11-12-23-14-16(21)13-20-9-3-4-10-20/h1-2,5-6,16,18H,3-4,7-14H2. The van der Waals surface area contributed by atoms with E-state index < -0.39 is 0 Å². The molecule has 1 aromatic rings. The molecule has 23 heavy (non-hydrogen) atoms. The summed E-state index contributed by atoms with van der Waals surface area (Å²) in [7, 11) is 0. The lowest BCUT2D eigenvalue weighted by molar-refractivity contribution is -0.135. The van der Waals surface area contributed by atoms with Gasteiger partial charge in [-0.1, -0.05) is 24.3 Å². The molecule has 0 bridgehead atoms. The zero-order chi connectivity index (χ0) is 15.6. The van der Waals surface area contributed by atoms with Crippen molar-refractivity contribution in [1.29, 1.82) is 0 Å². The third-order valence-corrected chi connectivity index (χ3v) is 6.70. The number of carbonyl (C=O) groups excluding carboxylic acids is 1. The maximum absolute atomic E-state index is 13.2. The predicted octanol–water partition coefficient (Wildman–Crippen LogP) is 2.76. The van der Waals surface area contributed by atoms with E-state index in [0.29, 0.717) is 11.9 Å². The molecule has 2 unspecified atom stereocenters. The Bertz CT molecular complexity index is 570. The summed E-state index contributed by atoms with van der Waals surface area (Å²) in [4.78, 5) is 18.0. The van der Waals surface area contributed by atoms with Crippen molar-refractivity contribution < 1.29 is 4.79 Å². The highest BCUT2D eigenvalue weighted by molar-refractivity contribution is 7.99. The Labute approximate surface area is 143 Å². The smallest absolute Gasteiger partial charge is 0.230 e. The molecule has 4 heteroatoms. The third kappa shape index (κ3) is 3.16. The van der Waals surface area contributed by atoms with Gasteiger partial charge in [0.15, 0.2) is 0 Å². The molecule has 2 atom stereocenters. The van der Waals surface area contributed by atoms with E-state index in [1.54, 1.807) is 0 Å². The highest BCUT2D eigenvalue weighted by Crippen LogP contribution is 2.35. The molecule has 0 N–H and O–H groups in total. The molecule has 2 saturated heterocycles. The molecule has 0 radical (unpaired) electrons. The highest BCUT2D eigenvalue weighted by atomic mass is 32.2. The Kier molecular flexibility index (Phi) is 4.63. The van der Waals surface area contributed by atoms with E-state index in [9.17, 15) is 4.79 Å². The zero-order valence-corrected chi connectivity index (χ0v) is 14.6. The van der Waals surface area contributed by atoms with Crippen molar-refractivity contribution in [3.8, 4) is 0 Å². The number of aryl methyl sites for hydroxylation is 1. The van der Waals surface area contributed by atoms with Crippen LogP contribution in [-0.2, 0) is 11.2 Å². The average Bonchev–Trinajstić information content (AvgIpc) is 3.24. The Morgan fingerprint density at radius 2 is 2.00 bits per heavy atom. The van der Waals surface area contributed by atoms with Crippen molar-refractivity contribution in [3.05, 3.63) is 35.4 Å². The van der Waals surface area contributed by atoms with Gasteiger partial charge in [0.05, 0.1) is 12.0 Å². The van der Waals surface area contributed by atoms with Crippen LogP contribution in [0.25, 0.3) is 0 Å². The van der Waals surface area contributed by atoms with Crippen LogP contribution in [0.2, 0.25) is 0 Å². The first-order valence-corrected chi connectivity index (χ1v) is 10.2. The summed E-state index contributed by atoms with van der Waals surface area (Å²) < 4.78 is 0. The van der Waals surface area contributed by atoms with Crippen molar-refractivity contribution >= 4 is 17.7 Å². The Hall–Kier alpha value is -1.00. The summed E-state index contributed by atoms with van der Waals surface area (Å²) in [5.74, 6) is 2.70. The van der Waals surface area contributed by atoms with Gasteiger partial charge < -0.3 is 9.80 Å². The molecule has 0 aromatic heterocycles. The number of benzene rings is 1. The fraction of sp³-hybridized carbons (Fsp3) is 0.632. The van der Waals surface area contributed by atoms with Gasteiger partial charge in [-0.3, -0.25) is 4.79 Å². The molecule has 2 aliphatic heterocycles. The van der Waals surface area contributed by atoms with E-state index in [1.807, 2.05) is 11.8 Å². The van der Waals surface area contributed by atoms with Crippen LogP contribution >= 0.6 is 11.8 Å². The maximum atomic E-state index is 13.2. The van der Waals surface area contributed by atoms with Crippen molar-refractivity contribution in [2.45, 2.75) is 37.6 Å². The van der Waals surface area contributed by atoms with Crippen molar-refractivity contribution in [2.75, 3.05) is 37.7 Å². The van der Waals surface area contributed by atoms with Crippen LogP contribution in [0.1, 0.15) is 36.3 Å². The number of fused-ring (bicyclic) bond motifs is 1. The first-order valence-electron chi connectivity index (χ1n) is 9.01. The number of hydrogen-bond acceptors (Lipinski definition) is 3. The van der Waals surface area contributed by atoms with Crippen LogP contribution in [0.15, 0.2) is 24.3 Å². The SMILES string of the molecule is O=C(C1CCc2ccccc21)N1CCSCC1CN1CCCC1. The second-order valence-corrected chi connectivity index (χ2v) is 8.21. The molecule has 3 aliphatic rings. The number of likely N-dealkylation sites (tertiary alicyclic amines) is 1. The van der Waals surface area contributed by atoms with Crippen LogP contribution < -0.4 is 0 Å². The largest absolute Gasteiger partial charge is 0.336 e. The molecule has 2 fully saturated rings. The number of carbonyl (C=O) groups is 1. The number of hydrogen-bond donors (Lipinski definition) is 0. The molecule has 124 valence electrons. The van der Waals surface area contributed by atoms with E-state index in [1.165, 1.54) is 37.1 Å². The van der Waals surface area contributed by atoms with Gasteiger partial charge in [-0.05, 0) is 49.9 Å². The molecule has 1 aliphatic carbocycles. The predicted molar refractivity (Wildman–Crippen MR) is 96.0 cm³/mol. The van der Waals surface area contributed by atoms with E-state index in [-0.39, 0.29) is 5.92 Å². The van der Waals surface area contributed by atoms with E-state index in [2.05, 4.69) is 34.1 Å². The number of nitrogens with zero attached hydrogens (tertiary/aromatic N) is 2. The normalized spacial score (nSPS) is 28.1. The lowest BCUT2D eigenvalue weighted by Crippen LogP contribution is -2.52. The van der Waals surface area contributed by atoms with E-state index in [0.717, 1.165) is 37.4 Å². The molecule has 3 nitrogen and oxygen atoms in total. The van der Waals surface area contributed by atoms with Crippen LogP contribution in [0.3, 0.4) is 0 Å². The van der Waals surface area contributed by atoms with Gasteiger partial charge in [-0.2, -0.15) is 11.8 Å². The van der Waals surface area contributed by atoms with Crippen molar-refractivity contribution in [2.24, 2.45) is 0 Å². The minimum Gasteiger partial charge on any atom is -0.336 e. The van der Waals surface area contributed by atoms with Gasteiger partial charge in [0.2, 0.25) is 5.91 Å². The average molecular weight is 330 g/mol. The first kappa shape index (κ1) is 15.5. The minimum atomic E-state index is 0.107. The summed E-state index contributed by atoms with van der Waals surface area (Å²) in [6.45, 7) is 4.44. The van der Waals surface area contributed by atoms with Gasteiger partial charge >= 0.3 is 0 Å². The second-order valence-electron chi connectivity index (χ2n) is 7.06. The summed E-state index contributed by atoms with van der Waals surface area (Å²) in [6, 6.07) is 8.94. The van der Waals surface area contributed by atoms with Crippen LogP contribution in [-0.4, -0.2) is 59.4 Å². The van der Waals surface area contributed by atoms with Crippen molar-refractivity contribution in [3.63, 3.8) is 0 Å². The lowest BCUT2D eigenvalue weighted by atomic mass is 9.99. The molecule has 1 amide bonds. The van der Waals surface area contributed by atoms with Crippen LogP contribution in [0.4, 0.5) is 0 Å². The van der Waals surface area contributed by atoms with Crippen LogP contribution in [0.5, 0.6) is 0 Å².